The lowest BCUT2D eigenvalue weighted by molar-refractivity contribution is -0.150. The molecule has 4 nitrogen and oxygen atoms in total. The van der Waals surface area contributed by atoms with Gasteiger partial charge < -0.3 is 14.2 Å². The first kappa shape index (κ1) is 22.2. The van der Waals surface area contributed by atoms with Gasteiger partial charge in [-0.15, -0.1) is 0 Å². The van der Waals surface area contributed by atoms with Crippen LogP contribution in [-0.2, 0) is 38.8 Å². The van der Waals surface area contributed by atoms with Gasteiger partial charge in [0, 0.05) is 5.92 Å². The van der Waals surface area contributed by atoms with Crippen molar-refractivity contribution in [2.45, 2.75) is 32.0 Å². The quantitative estimate of drug-likeness (QED) is 0.449. The van der Waals surface area contributed by atoms with Gasteiger partial charge in [-0.25, -0.2) is 0 Å². The van der Waals surface area contributed by atoms with E-state index in [9.17, 15) is 4.79 Å². The molecule has 4 rings (SSSR count). The van der Waals surface area contributed by atoms with Crippen molar-refractivity contribution in [1.29, 1.82) is 0 Å². The summed E-state index contributed by atoms with van der Waals surface area (Å²) in [6.07, 6.45) is 2.40. The minimum Gasteiger partial charge on any atom is -0.376 e. The Labute approximate surface area is 189 Å². The zero-order valence-electron chi connectivity index (χ0n) is 18.0. The molecule has 0 amide bonds. The monoisotopic (exact) mass is 428 g/mol. The molecule has 3 atom stereocenters. The second-order valence-electron chi connectivity index (χ2n) is 7.90. The highest BCUT2D eigenvalue weighted by Crippen LogP contribution is 2.25. The van der Waals surface area contributed by atoms with Gasteiger partial charge >= 0.3 is 0 Å². The third kappa shape index (κ3) is 6.24. The van der Waals surface area contributed by atoms with Crippen LogP contribution in [0, 0.1) is 5.92 Å². The Morgan fingerprint density at radius 2 is 1.12 bits per heavy atom. The highest BCUT2D eigenvalue weighted by molar-refractivity contribution is 5.95. The van der Waals surface area contributed by atoms with Crippen molar-refractivity contribution in [3.63, 3.8) is 0 Å². The first-order valence-corrected chi connectivity index (χ1v) is 10.9. The summed E-state index contributed by atoms with van der Waals surface area (Å²) in [6.45, 7) is 1.73. The van der Waals surface area contributed by atoms with E-state index < -0.39 is 12.2 Å². The molecule has 0 bridgehead atoms. The van der Waals surface area contributed by atoms with Gasteiger partial charge in [-0.3, -0.25) is 4.79 Å². The average Bonchev–Trinajstić information content (AvgIpc) is 2.85. The van der Waals surface area contributed by atoms with Crippen LogP contribution in [0.25, 0.3) is 0 Å². The number of ether oxygens (including phenoxy) is 3. The fraction of sp³-hybridized carbons (Fsp3) is 0.250. The number of benzene rings is 3. The fourth-order valence-corrected chi connectivity index (χ4v) is 3.76. The predicted octanol–water partition coefficient (Wildman–Crippen LogP) is 5.13. The number of rotatable bonds is 10. The molecule has 1 aliphatic carbocycles. The summed E-state index contributed by atoms with van der Waals surface area (Å²) in [4.78, 5) is 12.7. The highest BCUT2D eigenvalue weighted by atomic mass is 16.5. The van der Waals surface area contributed by atoms with Crippen LogP contribution in [0.5, 0.6) is 0 Å². The number of carbonyl (C=O) groups excluding carboxylic acids is 1. The third-order valence-electron chi connectivity index (χ3n) is 5.49. The number of hydrogen-bond donors (Lipinski definition) is 0. The Morgan fingerprint density at radius 3 is 1.69 bits per heavy atom. The van der Waals surface area contributed by atoms with Gasteiger partial charge in [0.25, 0.3) is 0 Å². The van der Waals surface area contributed by atoms with Crippen molar-refractivity contribution in [1.82, 2.24) is 0 Å². The molecule has 0 radical (unpaired) electrons. The summed E-state index contributed by atoms with van der Waals surface area (Å²) < 4.78 is 18.4. The van der Waals surface area contributed by atoms with Crippen LogP contribution in [0.15, 0.2) is 103 Å². The minimum absolute atomic E-state index is 0.0710. The molecule has 3 aromatic carbocycles. The molecule has 0 spiro atoms. The van der Waals surface area contributed by atoms with Crippen molar-refractivity contribution >= 4 is 5.78 Å². The topological polar surface area (TPSA) is 44.8 Å². The van der Waals surface area contributed by atoms with Gasteiger partial charge in [-0.05, 0) is 22.8 Å². The van der Waals surface area contributed by atoms with E-state index in [1.165, 1.54) is 0 Å². The van der Waals surface area contributed by atoms with Crippen molar-refractivity contribution in [3.8, 4) is 0 Å². The number of hydrogen-bond acceptors (Lipinski definition) is 4. The van der Waals surface area contributed by atoms with Crippen molar-refractivity contribution in [3.05, 3.63) is 120 Å². The Balaban J connectivity index is 1.44. The van der Waals surface area contributed by atoms with Gasteiger partial charge in [0.15, 0.2) is 5.78 Å². The molecule has 0 unspecified atom stereocenters. The van der Waals surface area contributed by atoms with Crippen LogP contribution < -0.4 is 0 Å². The lowest BCUT2D eigenvalue weighted by Gasteiger charge is -2.33. The SMILES string of the molecule is O=C1C=C[C@H](COCc2ccccc2)[C@@H](OCc2ccccc2)[C@@H]1OCc1ccccc1. The van der Waals surface area contributed by atoms with E-state index in [-0.39, 0.29) is 11.7 Å². The average molecular weight is 429 g/mol. The van der Waals surface area contributed by atoms with Crippen LogP contribution in [0.4, 0.5) is 0 Å². The van der Waals surface area contributed by atoms with E-state index in [1.54, 1.807) is 6.08 Å². The molecule has 0 aliphatic heterocycles. The molecule has 3 aromatic rings. The molecule has 0 saturated carbocycles. The van der Waals surface area contributed by atoms with E-state index in [0.29, 0.717) is 26.4 Å². The smallest absolute Gasteiger partial charge is 0.186 e. The van der Waals surface area contributed by atoms with E-state index in [4.69, 9.17) is 14.2 Å². The summed E-state index contributed by atoms with van der Waals surface area (Å²) in [5.41, 5.74) is 3.19. The van der Waals surface area contributed by atoms with Gasteiger partial charge in [0.1, 0.15) is 12.2 Å². The molecule has 4 heteroatoms. The molecule has 164 valence electrons. The maximum absolute atomic E-state index is 12.7. The van der Waals surface area contributed by atoms with Crippen molar-refractivity contribution in [2.75, 3.05) is 6.61 Å². The summed E-state index contributed by atoms with van der Waals surface area (Å²) in [5.74, 6) is -0.154. The van der Waals surface area contributed by atoms with Crippen molar-refractivity contribution < 1.29 is 19.0 Å². The van der Waals surface area contributed by atoms with Crippen molar-refractivity contribution in [2.24, 2.45) is 5.92 Å². The highest BCUT2D eigenvalue weighted by Gasteiger charge is 2.37. The number of ketones is 1. The molecular formula is C28H28O4. The van der Waals surface area contributed by atoms with Crippen LogP contribution in [0.2, 0.25) is 0 Å². The van der Waals surface area contributed by atoms with Gasteiger partial charge in [0.2, 0.25) is 0 Å². The molecule has 1 aliphatic rings. The second kappa shape index (κ2) is 11.5. The molecule has 0 N–H and O–H groups in total. The van der Waals surface area contributed by atoms with Crippen LogP contribution in [0.3, 0.4) is 0 Å². The summed E-state index contributed by atoms with van der Waals surface area (Å²) in [7, 11) is 0. The molecule has 0 aromatic heterocycles. The van der Waals surface area contributed by atoms with E-state index >= 15 is 0 Å². The summed E-state index contributed by atoms with van der Waals surface area (Å²) in [5, 5.41) is 0. The molecule has 0 saturated heterocycles. The first-order chi connectivity index (χ1) is 15.8. The predicted molar refractivity (Wildman–Crippen MR) is 124 cm³/mol. The normalized spacial score (nSPS) is 20.4. The standard InChI is InChI=1S/C28H28O4/c29-26-17-16-25(21-30-18-22-10-4-1-5-11-22)27(31-19-23-12-6-2-7-13-23)28(26)32-20-24-14-8-3-9-15-24/h1-17,25,27-28H,18-21H2/t25-,27-,28-/m1/s1. The molecular weight excluding hydrogens is 400 g/mol. The van der Waals surface area contributed by atoms with E-state index in [1.807, 2.05) is 97.1 Å². The van der Waals surface area contributed by atoms with Gasteiger partial charge in [-0.2, -0.15) is 0 Å². The third-order valence-corrected chi connectivity index (χ3v) is 5.49. The summed E-state index contributed by atoms with van der Waals surface area (Å²) >= 11 is 0. The molecule has 0 fully saturated rings. The molecule has 32 heavy (non-hydrogen) atoms. The zero-order chi connectivity index (χ0) is 22.0. The van der Waals surface area contributed by atoms with Gasteiger partial charge in [-0.1, -0.05) is 97.1 Å². The van der Waals surface area contributed by atoms with Crippen LogP contribution >= 0.6 is 0 Å². The Morgan fingerprint density at radius 1 is 0.625 bits per heavy atom. The Hall–Kier alpha value is -3.05. The zero-order valence-corrected chi connectivity index (χ0v) is 18.0. The minimum atomic E-state index is -0.672. The lowest BCUT2D eigenvalue weighted by Crippen LogP contribution is -2.46. The number of carbonyl (C=O) groups is 1. The van der Waals surface area contributed by atoms with Crippen LogP contribution in [-0.4, -0.2) is 24.6 Å². The van der Waals surface area contributed by atoms with Gasteiger partial charge in [0.05, 0.1) is 26.4 Å². The van der Waals surface area contributed by atoms with Crippen LogP contribution in [0.1, 0.15) is 16.7 Å². The largest absolute Gasteiger partial charge is 0.376 e. The second-order valence-corrected chi connectivity index (χ2v) is 7.90. The Bertz CT molecular complexity index is 986. The van der Waals surface area contributed by atoms with E-state index in [2.05, 4.69) is 0 Å². The first-order valence-electron chi connectivity index (χ1n) is 10.9. The molecule has 0 heterocycles. The fourth-order valence-electron chi connectivity index (χ4n) is 3.76. The Kier molecular flexibility index (Phi) is 7.99. The maximum Gasteiger partial charge on any atom is 0.186 e. The maximum atomic E-state index is 12.7. The van der Waals surface area contributed by atoms with E-state index in [0.717, 1.165) is 16.7 Å². The summed E-state index contributed by atoms with van der Waals surface area (Å²) in [6, 6.07) is 29.9. The lowest BCUT2D eigenvalue weighted by atomic mass is 9.89.